The van der Waals surface area contributed by atoms with Crippen molar-refractivity contribution in [3.8, 4) is 0 Å². The van der Waals surface area contributed by atoms with Crippen molar-refractivity contribution in [2.24, 2.45) is 0 Å². The van der Waals surface area contributed by atoms with Gasteiger partial charge >= 0.3 is 0 Å². The van der Waals surface area contributed by atoms with E-state index in [9.17, 15) is 5.11 Å². The molecule has 2 atom stereocenters. The van der Waals surface area contributed by atoms with Gasteiger partial charge in [-0.05, 0) is 30.5 Å². The van der Waals surface area contributed by atoms with Gasteiger partial charge < -0.3 is 5.11 Å². The highest BCUT2D eigenvalue weighted by Crippen LogP contribution is 2.33. The SMILES string of the molecule is O[C@H]1CCCC[C@H]1c1ccc(Br)cc1. The predicted molar refractivity (Wildman–Crippen MR) is 61.4 cm³/mol. The van der Waals surface area contributed by atoms with Crippen LogP contribution in [0, 0.1) is 0 Å². The van der Waals surface area contributed by atoms with Gasteiger partial charge in [0.25, 0.3) is 0 Å². The molecule has 1 saturated carbocycles. The molecule has 0 unspecified atom stereocenters. The highest BCUT2D eigenvalue weighted by Gasteiger charge is 2.24. The van der Waals surface area contributed by atoms with E-state index in [0.29, 0.717) is 5.92 Å². The van der Waals surface area contributed by atoms with Crippen LogP contribution in [-0.4, -0.2) is 11.2 Å². The lowest BCUT2D eigenvalue weighted by Crippen LogP contribution is -2.22. The highest BCUT2D eigenvalue weighted by atomic mass is 79.9. The van der Waals surface area contributed by atoms with Crippen LogP contribution in [0.15, 0.2) is 28.7 Å². The summed E-state index contributed by atoms with van der Waals surface area (Å²) in [5.41, 5.74) is 1.28. The number of aliphatic hydroxyl groups is 1. The lowest BCUT2D eigenvalue weighted by molar-refractivity contribution is 0.106. The quantitative estimate of drug-likeness (QED) is 0.814. The second-order valence-corrected chi connectivity index (χ2v) is 4.93. The van der Waals surface area contributed by atoms with Crippen LogP contribution in [0.4, 0.5) is 0 Å². The fourth-order valence-corrected chi connectivity index (χ4v) is 2.47. The first kappa shape index (κ1) is 10.2. The Kier molecular flexibility index (Phi) is 3.24. The van der Waals surface area contributed by atoms with Crippen molar-refractivity contribution < 1.29 is 5.11 Å². The molecule has 1 nitrogen and oxygen atoms in total. The molecule has 1 aliphatic rings. The summed E-state index contributed by atoms with van der Waals surface area (Å²) >= 11 is 3.42. The minimum atomic E-state index is -0.134. The molecule has 0 saturated heterocycles. The van der Waals surface area contributed by atoms with Crippen LogP contribution >= 0.6 is 15.9 Å². The maximum Gasteiger partial charge on any atom is 0.0608 e. The third-order valence-corrected chi connectivity index (χ3v) is 3.56. The Morgan fingerprint density at radius 1 is 1.07 bits per heavy atom. The molecule has 14 heavy (non-hydrogen) atoms. The van der Waals surface area contributed by atoms with E-state index in [1.54, 1.807) is 0 Å². The molecule has 1 fully saturated rings. The summed E-state index contributed by atoms with van der Waals surface area (Å²) in [5, 5.41) is 9.88. The van der Waals surface area contributed by atoms with Gasteiger partial charge in [0.15, 0.2) is 0 Å². The Morgan fingerprint density at radius 2 is 1.71 bits per heavy atom. The number of hydrogen-bond acceptors (Lipinski definition) is 1. The van der Waals surface area contributed by atoms with E-state index in [4.69, 9.17) is 0 Å². The molecule has 0 spiro atoms. The topological polar surface area (TPSA) is 20.2 Å². The summed E-state index contributed by atoms with van der Waals surface area (Å²) in [6, 6.07) is 8.33. The Morgan fingerprint density at radius 3 is 2.36 bits per heavy atom. The van der Waals surface area contributed by atoms with Crippen molar-refractivity contribution in [1.29, 1.82) is 0 Å². The summed E-state index contributed by atoms with van der Waals surface area (Å²) in [6.45, 7) is 0. The molecule has 1 N–H and O–H groups in total. The largest absolute Gasteiger partial charge is 0.392 e. The third-order valence-electron chi connectivity index (χ3n) is 3.03. The average molecular weight is 255 g/mol. The van der Waals surface area contributed by atoms with Crippen LogP contribution in [0.2, 0.25) is 0 Å². The Bertz CT molecular complexity index is 294. The Hall–Kier alpha value is -0.340. The lowest BCUT2D eigenvalue weighted by atomic mass is 9.82. The lowest BCUT2D eigenvalue weighted by Gasteiger charge is -2.27. The molecule has 0 heterocycles. The summed E-state index contributed by atoms with van der Waals surface area (Å²) in [7, 11) is 0. The van der Waals surface area contributed by atoms with Gasteiger partial charge in [-0.1, -0.05) is 40.9 Å². The smallest absolute Gasteiger partial charge is 0.0608 e. The normalized spacial score (nSPS) is 27.6. The van der Waals surface area contributed by atoms with Gasteiger partial charge in [-0.2, -0.15) is 0 Å². The molecule has 0 bridgehead atoms. The summed E-state index contributed by atoms with van der Waals surface area (Å²) < 4.78 is 1.10. The van der Waals surface area contributed by atoms with Gasteiger partial charge in [-0.15, -0.1) is 0 Å². The molecule has 1 aromatic carbocycles. The fourth-order valence-electron chi connectivity index (χ4n) is 2.21. The monoisotopic (exact) mass is 254 g/mol. The van der Waals surface area contributed by atoms with Gasteiger partial charge in [0.2, 0.25) is 0 Å². The van der Waals surface area contributed by atoms with Crippen molar-refractivity contribution >= 4 is 15.9 Å². The van der Waals surface area contributed by atoms with E-state index in [1.807, 2.05) is 0 Å². The van der Waals surface area contributed by atoms with Crippen LogP contribution < -0.4 is 0 Å². The maximum absolute atomic E-state index is 9.88. The Labute approximate surface area is 93.3 Å². The fraction of sp³-hybridized carbons (Fsp3) is 0.500. The standard InChI is InChI=1S/C12H15BrO/c13-10-7-5-9(6-8-10)11-3-1-2-4-12(11)14/h5-8,11-12,14H,1-4H2/t11-,12-/m0/s1. The van der Waals surface area contributed by atoms with Crippen LogP contribution in [0.3, 0.4) is 0 Å². The molecule has 2 heteroatoms. The van der Waals surface area contributed by atoms with Crippen LogP contribution in [0.25, 0.3) is 0 Å². The van der Waals surface area contributed by atoms with Crippen molar-refractivity contribution in [3.63, 3.8) is 0 Å². The van der Waals surface area contributed by atoms with Gasteiger partial charge in [-0.3, -0.25) is 0 Å². The molecule has 0 amide bonds. The first-order valence-electron chi connectivity index (χ1n) is 5.21. The summed E-state index contributed by atoms with van der Waals surface area (Å²) in [5.74, 6) is 0.358. The molecule has 2 rings (SSSR count). The minimum Gasteiger partial charge on any atom is -0.392 e. The molecule has 76 valence electrons. The van der Waals surface area contributed by atoms with E-state index >= 15 is 0 Å². The maximum atomic E-state index is 9.88. The van der Waals surface area contributed by atoms with Crippen LogP contribution in [0.5, 0.6) is 0 Å². The number of halogens is 1. The van der Waals surface area contributed by atoms with Crippen molar-refractivity contribution in [2.75, 3.05) is 0 Å². The Balaban J connectivity index is 2.16. The zero-order valence-electron chi connectivity index (χ0n) is 8.12. The van der Waals surface area contributed by atoms with Crippen LogP contribution in [0.1, 0.15) is 37.2 Å². The van der Waals surface area contributed by atoms with Gasteiger partial charge in [0.05, 0.1) is 6.10 Å². The zero-order valence-corrected chi connectivity index (χ0v) is 9.70. The summed E-state index contributed by atoms with van der Waals surface area (Å²) in [6.07, 6.45) is 4.38. The zero-order chi connectivity index (χ0) is 9.97. The highest BCUT2D eigenvalue weighted by molar-refractivity contribution is 9.10. The van der Waals surface area contributed by atoms with Crippen molar-refractivity contribution in [3.05, 3.63) is 34.3 Å². The molecular formula is C12H15BrO. The molecule has 0 aliphatic heterocycles. The number of aliphatic hydroxyl groups excluding tert-OH is 1. The molecular weight excluding hydrogens is 240 g/mol. The molecule has 0 radical (unpaired) electrons. The van der Waals surface area contributed by atoms with E-state index in [1.165, 1.54) is 18.4 Å². The summed E-state index contributed by atoms with van der Waals surface area (Å²) in [4.78, 5) is 0. The first-order valence-corrected chi connectivity index (χ1v) is 6.00. The molecule has 0 aromatic heterocycles. The number of rotatable bonds is 1. The number of hydrogen-bond donors (Lipinski definition) is 1. The minimum absolute atomic E-state index is 0.134. The van der Waals surface area contributed by atoms with Crippen molar-refractivity contribution in [2.45, 2.75) is 37.7 Å². The van der Waals surface area contributed by atoms with Crippen LogP contribution in [-0.2, 0) is 0 Å². The van der Waals surface area contributed by atoms with E-state index in [-0.39, 0.29) is 6.10 Å². The van der Waals surface area contributed by atoms with Crippen molar-refractivity contribution in [1.82, 2.24) is 0 Å². The van der Waals surface area contributed by atoms with E-state index < -0.39 is 0 Å². The second-order valence-electron chi connectivity index (χ2n) is 4.01. The third kappa shape index (κ3) is 2.18. The average Bonchev–Trinajstić information content (AvgIpc) is 2.20. The second kappa shape index (κ2) is 4.45. The number of benzene rings is 1. The van der Waals surface area contributed by atoms with E-state index in [0.717, 1.165) is 17.3 Å². The molecule has 1 aliphatic carbocycles. The van der Waals surface area contributed by atoms with Gasteiger partial charge in [-0.25, -0.2) is 0 Å². The van der Waals surface area contributed by atoms with E-state index in [2.05, 4.69) is 40.2 Å². The van der Waals surface area contributed by atoms with Gasteiger partial charge in [0, 0.05) is 10.4 Å². The predicted octanol–water partition coefficient (Wildman–Crippen LogP) is 3.47. The van der Waals surface area contributed by atoms with Gasteiger partial charge in [0.1, 0.15) is 0 Å². The molecule has 1 aromatic rings. The first-order chi connectivity index (χ1) is 6.77.